The summed E-state index contributed by atoms with van der Waals surface area (Å²) >= 11 is 0. The van der Waals surface area contributed by atoms with Crippen molar-refractivity contribution in [1.29, 1.82) is 0 Å². The van der Waals surface area contributed by atoms with E-state index in [0.29, 0.717) is 30.8 Å². The summed E-state index contributed by atoms with van der Waals surface area (Å²) in [6.07, 6.45) is 0. The summed E-state index contributed by atoms with van der Waals surface area (Å²) in [5.74, 6) is 0.349. The molecule has 3 aromatic carbocycles. The van der Waals surface area contributed by atoms with Crippen molar-refractivity contribution in [3.8, 4) is 5.75 Å². The lowest BCUT2D eigenvalue weighted by Gasteiger charge is -2.39. The lowest BCUT2D eigenvalue weighted by Crippen LogP contribution is -2.46. The van der Waals surface area contributed by atoms with E-state index < -0.39 is 9.85 Å². The van der Waals surface area contributed by atoms with Gasteiger partial charge in [0.25, 0.3) is 23.2 Å². The Kier molecular flexibility index (Phi) is 7.83. The van der Waals surface area contributed by atoms with Crippen molar-refractivity contribution in [1.82, 2.24) is 10.2 Å². The van der Waals surface area contributed by atoms with Gasteiger partial charge in [0, 0.05) is 60.3 Å². The van der Waals surface area contributed by atoms with Crippen molar-refractivity contribution >= 4 is 23.2 Å². The molecule has 1 N–H and O–H groups in total. The largest absolute Gasteiger partial charge is 0.497 e. The Bertz CT molecular complexity index is 1530. The quantitative estimate of drug-likeness (QED) is 0.335. The highest BCUT2D eigenvalue weighted by Gasteiger charge is 2.37. The molecule has 0 bridgehead atoms. The molecule has 11 heteroatoms. The summed E-state index contributed by atoms with van der Waals surface area (Å²) in [6, 6.07) is 16.6. The number of hydrogen-bond donors (Lipinski definition) is 1. The van der Waals surface area contributed by atoms with E-state index in [-0.39, 0.29) is 34.0 Å². The van der Waals surface area contributed by atoms with Crippen LogP contribution < -0.4 is 10.1 Å². The molecule has 0 saturated carbocycles. The van der Waals surface area contributed by atoms with E-state index in [4.69, 9.17) is 4.74 Å². The second-order valence-electron chi connectivity index (χ2n) is 11.4. The molecule has 0 spiro atoms. The lowest BCUT2D eigenvalue weighted by atomic mass is 9.78. The molecule has 11 nitrogen and oxygen atoms in total. The molecule has 2 aliphatic rings. The Morgan fingerprint density at radius 3 is 1.90 bits per heavy atom. The van der Waals surface area contributed by atoms with Gasteiger partial charge in [-0.1, -0.05) is 52.0 Å². The van der Waals surface area contributed by atoms with Crippen molar-refractivity contribution in [3.05, 3.63) is 109 Å². The number of ether oxygens (including phenoxy) is 1. The first kappa shape index (κ1) is 29.2. The number of amides is 2. The van der Waals surface area contributed by atoms with E-state index in [0.717, 1.165) is 22.4 Å². The zero-order valence-electron chi connectivity index (χ0n) is 23.6. The topological polar surface area (TPSA) is 145 Å². The van der Waals surface area contributed by atoms with Crippen molar-refractivity contribution in [2.45, 2.75) is 45.1 Å². The van der Waals surface area contributed by atoms with Gasteiger partial charge < -0.3 is 15.0 Å². The van der Waals surface area contributed by atoms with Crippen LogP contribution >= 0.6 is 0 Å². The second kappa shape index (κ2) is 11.0. The number of nitrogens with zero attached hydrogens (tertiary/aromatic N) is 3. The molecule has 3 aromatic rings. The van der Waals surface area contributed by atoms with Gasteiger partial charge in [0.15, 0.2) is 0 Å². The molecule has 2 heterocycles. The number of nitro groups is 2. The summed E-state index contributed by atoms with van der Waals surface area (Å²) in [6.45, 7) is 9.65. The number of fused-ring (bicyclic) bond motifs is 2. The van der Waals surface area contributed by atoms with Gasteiger partial charge in [-0.2, -0.15) is 0 Å². The van der Waals surface area contributed by atoms with Gasteiger partial charge in [-0.05, 0) is 28.8 Å². The van der Waals surface area contributed by atoms with E-state index in [9.17, 15) is 29.8 Å². The fraction of sp³-hybridized carbons (Fsp3) is 0.333. The number of rotatable bonds is 5. The molecule has 0 radical (unpaired) electrons. The van der Waals surface area contributed by atoms with Crippen molar-refractivity contribution < 1.29 is 24.2 Å². The van der Waals surface area contributed by atoms with Gasteiger partial charge in [-0.15, -0.1) is 0 Å². The van der Waals surface area contributed by atoms with Crippen LogP contribution in [-0.2, 0) is 17.4 Å². The van der Waals surface area contributed by atoms with Crippen molar-refractivity contribution in [2.24, 2.45) is 0 Å². The molecule has 2 aliphatic heterocycles. The van der Waals surface area contributed by atoms with Gasteiger partial charge >= 0.3 is 0 Å². The first-order chi connectivity index (χ1) is 19.2. The van der Waals surface area contributed by atoms with Crippen LogP contribution in [-0.4, -0.2) is 46.8 Å². The normalized spacial score (nSPS) is 16.4. The van der Waals surface area contributed by atoms with Gasteiger partial charge in [0.05, 0.1) is 22.5 Å². The van der Waals surface area contributed by atoms with Crippen LogP contribution in [0.3, 0.4) is 0 Å². The van der Waals surface area contributed by atoms with Crippen molar-refractivity contribution in [2.75, 3.05) is 20.2 Å². The molecular formula is C30H32N4O7. The van der Waals surface area contributed by atoms with Gasteiger partial charge in [-0.25, -0.2) is 0 Å². The van der Waals surface area contributed by atoms with Gasteiger partial charge in [0.2, 0.25) is 0 Å². The number of methoxy groups -OCH3 is 1. The predicted octanol–water partition coefficient (Wildman–Crippen LogP) is 5.15. The highest BCUT2D eigenvalue weighted by molar-refractivity contribution is 5.98. The van der Waals surface area contributed by atoms with Gasteiger partial charge in [-0.3, -0.25) is 29.8 Å². The number of carbonyl (C=O) groups excluding carboxylic acids is 2. The molecule has 0 atom stereocenters. The number of nitro benzene ring substituents is 2. The van der Waals surface area contributed by atoms with Crippen LogP contribution in [0.1, 0.15) is 65.1 Å². The third-order valence-electron chi connectivity index (χ3n) is 7.46. The Labute approximate surface area is 237 Å². The maximum absolute atomic E-state index is 12.9. The molecule has 5 rings (SSSR count). The van der Waals surface area contributed by atoms with Crippen LogP contribution in [0.25, 0.3) is 0 Å². The average molecular weight is 561 g/mol. The third-order valence-corrected chi connectivity index (χ3v) is 7.46. The Hall–Kier alpha value is -4.80. The van der Waals surface area contributed by atoms with Crippen LogP contribution in [0.5, 0.6) is 5.75 Å². The molecule has 0 saturated heterocycles. The minimum absolute atomic E-state index is 0.0494. The van der Waals surface area contributed by atoms with Crippen molar-refractivity contribution in [3.63, 3.8) is 0 Å². The van der Waals surface area contributed by atoms with E-state index >= 15 is 0 Å². The molecule has 0 fully saturated rings. The Morgan fingerprint density at radius 2 is 1.37 bits per heavy atom. The van der Waals surface area contributed by atoms with Crippen LogP contribution in [0.2, 0.25) is 0 Å². The maximum Gasteiger partial charge on any atom is 0.270 e. The standard InChI is InChI=1S/C19H20N2O4.C11H12N2O3/c1-19(2)12-20(11-13-4-7-15(25-3)8-5-13)18(22)16-10-14(21(23)24)6-9-17(16)19;1-11(2)6-12-10(14)8-5-7(13(15)16)3-4-9(8)11/h4-10H,11-12H2,1-3H3;3-5H,6H2,1-2H3,(H,12,14). The lowest BCUT2D eigenvalue weighted by molar-refractivity contribution is -0.385. The number of carbonyl (C=O) groups is 2. The molecule has 0 aliphatic carbocycles. The van der Waals surface area contributed by atoms with E-state index in [1.807, 2.05) is 52.0 Å². The number of benzene rings is 3. The number of non-ortho nitro benzene ring substituents is 2. The highest BCUT2D eigenvalue weighted by Crippen LogP contribution is 2.36. The molecule has 41 heavy (non-hydrogen) atoms. The van der Waals surface area contributed by atoms with E-state index in [1.54, 1.807) is 24.1 Å². The zero-order valence-corrected chi connectivity index (χ0v) is 23.6. The van der Waals surface area contributed by atoms with E-state index in [2.05, 4.69) is 5.32 Å². The summed E-state index contributed by atoms with van der Waals surface area (Å²) in [5.41, 5.74) is 2.96. The number of nitrogens with one attached hydrogen (secondary N) is 1. The molecular weight excluding hydrogens is 528 g/mol. The summed E-state index contributed by atoms with van der Waals surface area (Å²) < 4.78 is 5.15. The molecule has 2 amide bonds. The fourth-order valence-electron chi connectivity index (χ4n) is 5.21. The monoisotopic (exact) mass is 560 g/mol. The number of hydrogen-bond acceptors (Lipinski definition) is 7. The van der Waals surface area contributed by atoms with Crippen LogP contribution in [0, 0.1) is 20.2 Å². The smallest absolute Gasteiger partial charge is 0.270 e. The summed E-state index contributed by atoms with van der Waals surface area (Å²) in [4.78, 5) is 47.0. The molecule has 214 valence electrons. The fourth-order valence-corrected chi connectivity index (χ4v) is 5.21. The van der Waals surface area contributed by atoms with Gasteiger partial charge in [0.1, 0.15) is 5.75 Å². The zero-order chi connectivity index (χ0) is 30.1. The van der Waals surface area contributed by atoms with E-state index in [1.165, 1.54) is 24.3 Å². The molecule has 0 aromatic heterocycles. The minimum Gasteiger partial charge on any atom is -0.497 e. The second-order valence-corrected chi connectivity index (χ2v) is 11.4. The third kappa shape index (κ3) is 6.03. The summed E-state index contributed by atoms with van der Waals surface area (Å²) in [5, 5.41) is 24.4. The highest BCUT2D eigenvalue weighted by atomic mass is 16.6. The SMILES string of the molecule is CC1(C)CNC(=O)c2cc([N+](=O)[O-])ccc21.COc1ccc(CN2CC(C)(C)c3ccc([N+](=O)[O-])cc3C2=O)cc1. The maximum atomic E-state index is 12.9. The van der Waals surface area contributed by atoms with Crippen LogP contribution in [0.15, 0.2) is 60.7 Å². The average Bonchev–Trinajstić information content (AvgIpc) is 2.94. The summed E-state index contributed by atoms with van der Waals surface area (Å²) in [7, 11) is 1.61. The Morgan fingerprint density at radius 1 is 0.829 bits per heavy atom. The van der Waals surface area contributed by atoms with Crippen LogP contribution in [0.4, 0.5) is 11.4 Å². The first-order valence-corrected chi connectivity index (χ1v) is 13.0. The predicted molar refractivity (Wildman–Crippen MR) is 152 cm³/mol. The molecule has 0 unspecified atom stereocenters. The Balaban J connectivity index is 0.000000208. The minimum atomic E-state index is -0.491. The first-order valence-electron chi connectivity index (χ1n) is 13.0.